The summed E-state index contributed by atoms with van der Waals surface area (Å²) < 4.78 is 8.89. The van der Waals surface area contributed by atoms with E-state index in [-0.39, 0.29) is 0 Å². The molecule has 0 aromatic carbocycles. The third-order valence-electron chi connectivity index (χ3n) is 3.19. The van der Waals surface area contributed by atoms with Crippen molar-refractivity contribution in [2.75, 3.05) is 5.75 Å². The smallest absolute Gasteiger partial charge is 0.302 e. The Kier molecular flexibility index (Phi) is 8.25. The summed E-state index contributed by atoms with van der Waals surface area (Å²) in [4.78, 5) is 26.3. The fourth-order valence-electron chi connectivity index (χ4n) is 2.26. The minimum Gasteiger partial charge on any atom is -0.460 e. The number of hydrogen-bond donors (Lipinski definition) is 1. The highest BCUT2D eigenvalue weighted by Crippen LogP contribution is 2.33. The van der Waals surface area contributed by atoms with Crippen molar-refractivity contribution in [2.24, 2.45) is 5.11 Å². The minimum absolute atomic E-state index is 0.532. The van der Waals surface area contributed by atoms with Crippen LogP contribution in [0.15, 0.2) is 5.11 Å². The molecule has 0 aromatic heterocycles. The molecule has 1 amide bonds. The maximum atomic E-state index is 12.0. The molecule has 1 N–H and O–H groups in total. The first-order valence-corrected chi connectivity index (χ1v) is 9.16. The molecule has 8 nitrogen and oxygen atoms in total. The second-order valence-corrected chi connectivity index (χ2v) is 8.59. The zero-order valence-electron chi connectivity index (χ0n) is 13.1. The standard InChI is InChI=1S/C12H17Cl3N4O4S/c1-4-24-10-8(17-11(21)12(13,14)15)9(23-6(3)20)7(18-19-16)5(2)22-10/h5,7-10H,4H2,1-3H3,(H,17,21)/t5-,7+,8-,9+,10+/m1/s1. The summed E-state index contributed by atoms with van der Waals surface area (Å²) in [5.41, 5.74) is 8.19. The number of amides is 1. The molecule has 0 unspecified atom stereocenters. The lowest BCUT2D eigenvalue weighted by Crippen LogP contribution is -2.63. The number of nitrogens with zero attached hydrogens (tertiary/aromatic N) is 3. The van der Waals surface area contributed by atoms with Crippen LogP contribution in [0.2, 0.25) is 0 Å². The number of halogens is 3. The SMILES string of the molecule is CCS[C@@H]1O[C@H](C)[C@H](N=[N+]=[N-])[C@H](OC(C)=O)[C@H]1NC(=O)C(Cl)(Cl)Cl. The summed E-state index contributed by atoms with van der Waals surface area (Å²) in [5.74, 6) is -0.828. The molecule has 5 atom stereocenters. The average Bonchev–Trinajstić information content (AvgIpc) is 2.45. The fraction of sp³-hybridized carbons (Fsp3) is 0.833. The number of rotatable bonds is 5. The van der Waals surface area contributed by atoms with Gasteiger partial charge >= 0.3 is 5.97 Å². The van der Waals surface area contributed by atoms with Gasteiger partial charge in [0.2, 0.25) is 0 Å². The van der Waals surface area contributed by atoms with E-state index in [1.54, 1.807) is 6.92 Å². The van der Waals surface area contributed by atoms with Crippen molar-refractivity contribution in [2.45, 2.75) is 54.3 Å². The molecule has 12 heteroatoms. The highest BCUT2D eigenvalue weighted by molar-refractivity contribution is 7.99. The molecule has 1 heterocycles. The number of alkyl halides is 3. The Bertz CT molecular complexity index is 527. The van der Waals surface area contributed by atoms with Crippen molar-refractivity contribution in [3.63, 3.8) is 0 Å². The second-order valence-electron chi connectivity index (χ2n) is 4.93. The number of esters is 1. The van der Waals surface area contributed by atoms with Gasteiger partial charge < -0.3 is 14.8 Å². The Morgan fingerprint density at radius 1 is 1.46 bits per heavy atom. The topological polar surface area (TPSA) is 113 Å². The van der Waals surface area contributed by atoms with Crippen LogP contribution in [0.1, 0.15) is 20.8 Å². The molecule has 1 aliphatic rings. The van der Waals surface area contributed by atoms with E-state index < -0.39 is 45.4 Å². The number of nitrogens with one attached hydrogen (secondary N) is 1. The van der Waals surface area contributed by atoms with Gasteiger partial charge in [-0.05, 0) is 18.2 Å². The van der Waals surface area contributed by atoms with Gasteiger partial charge in [-0.3, -0.25) is 9.59 Å². The summed E-state index contributed by atoms with van der Waals surface area (Å²) in [5, 5.41) is 6.15. The summed E-state index contributed by atoms with van der Waals surface area (Å²) in [6.45, 7) is 4.79. The number of thioether (sulfide) groups is 1. The summed E-state index contributed by atoms with van der Waals surface area (Å²) in [6, 6.07) is -1.69. The molecular weight excluding hydrogens is 403 g/mol. The monoisotopic (exact) mass is 418 g/mol. The predicted octanol–water partition coefficient (Wildman–Crippen LogP) is 2.95. The van der Waals surface area contributed by atoms with Crippen LogP contribution in [0, 0.1) is 0 Å². The normalized spacial score (nSPS) is 30.2. The van der Waals surface area contributed by atoms with E-state index >= 15 is 0 Å². The minimum atomic E-state index is -2.20. The Morgan fingerprint density at radius 3 is 2.54 bits per heavy atom. The fourth-order valence-corrected chi connectivity index (χ4v) is 3.43. The third-order valence-corrected chi connectivity index (χ3v) is 4.77. The molecule has 0 saturated carbocycles. The molecular formula is C12H17Cl3N4O4S. The van der Waals surface area contributed by atoms with Crippen LogP contribution >= 0.6 is 46.6 Å². The maximum absolute atomic E-state index is 12.0. The molecule has 0 radical (unpaired) electrons. The van der Waals surface area contributed by atoms with Crippen molar-refractivity contribution in [3.05, 3.63) is 10.4 Å². The zero-order valence-corrected chi connectivity index (χ0v) is 16.2. The summed E-state index contributed by atoms with van der Waals surface area (Å²) in [6.07, 6.45) is -1.49. The van der Waals surface area contributed by atoms with Gasteiger partial charge in [0.25, 0.3) is 9.70 Å². The molecule has 0 aliphatic carbocycles. The summed E-state index contributed by atoms with van der Waals surface area (Å²) >= 11 is 18.1. The first-order valence-electron chi connectivity index (χ1n) is 6.98. The number of azide groups is 1. The van der Waals surface area contributed by atoms with E-state index in [1.807, 2.05) is 6.92 Å². The molecule has 0 aromatic rings. The van der Waals surface area contributed by atoms with E-state index in [0.29, 0.717) is 5.75 Å². The van der Waals surface area contributed by atoms with Gasteiger partial charge in [0.05, 0.1) is 6.10 Å². The highest BCUT2D eigenvalue weighted by atomic mass is 35.6. The van der Waals surface area contributed by atoms with Gasteiger partial charge in [0, 0.05) is 11.8 Å². The molecule has 1 aliphatic heterocycles. The number of hydrogen-bond acceptors (Lipinski definition) is 6. The van der Waals surface area contributed by atoms with Crippen LogP contribution in [0.4, 0.5) is 0 Å². The molecule has 24 heavy (non-hydrogen) atoms. The lowest BCUT2D eigenvalue weighted by molar-refractivity contribution is -0.162. The molecule has 0 bridgehead atoms. The predicted molar refractivity (Wildman–Crippen MR) is 93.2 cm³/mol. The van der Waals surface area contributed by atoms with Crippen molar-refractivity contribution >= 4 is 58.4 Å². The Morgan fingerprint density at radius 2 is 2.08 bits per heavy atom. The van der Waals surface area contributed by atoms with Crippen LogP contribution in [0.5, 0.6) is 0 Å². The van der Waals surface area contributed by atoms with Crippen molar-refractivity contribution < 1.29 is 19.1 Å². The van der Waals surface area contributed by atoms with E-state index in [0.717, 1.165) is 0 Å². The lowest BCUT2D eigenvalue weighted by Gasteiger charge is -2.44. The van der Waals surface area contributed by atoms with Crippen LogP contribution < -0.4 is 5.32 Å². The first kappa shape index (κ1) is 21.5. The van der Waals surface area contributed by atoms with Crippen molar-refractivity contribution in [3.8, 4) is 0 Å². The van der Waals surface area contributed by atoms with Gasteiger partial charge in [-0.1, -0.05) is 46.8 Å². The molecule has 1 rings (SSSR count). The molecule has 0 spiro atoms. The van der Waals surface area contributed by atoms with E-state index in [9.17, 15) is 9.59 Å². The Hall–Kier alpha value is -0.570. The van der Waals surface area contributed by atoms with Gasteiger partial charge in [-0.2, -0.15) is 0 Å². The molecule has 136 valence electrons. The number of ether oxygens (including phenoxy) is 2. The highest BCUT2D eigenvalue weighted by Gasteiger charge is 2.48. The lowest BCUT2D eigenvalue weighted by atomic mass is 9.96. The van der Waals surface area contributed by atoms with Crippen molar-refractivity contribution in [1.29, 1.82) is 0 Å². The van der Waals surface area contributed by atoms with Crippen LogP contribution in [-0.2, 0) is 19.1 Å². The van der Waals surface area contributed by atoms with E-state index in [1.165, 1.54) is 18.7 Å². The van der Waals surface area contributed by atoms with E-state index in [2.05, 4.69) is 15.3 Å². The van der Waals surface area contributed by atoms with Gasteiger partial charge in [-0.15, -0.1) is 11.8 Å². The first-order chi connectivity index (χ1) is 11.1. The zero-order chi connectivity index (χ0) is 18.5. The number of carbonyl (C=O) groups excluding carboxylic acids is 2. The van der Waals surface area contributed by atoms with Gasteiger partial charge in [-0.25, -0.2) is 0 Å². The van der Waals surface area contributed by atoms with Crippen LogP contribution in [0.3, 0.4) is 0 Å². The average molecular weight is 420 g/mol. The van der Waals surface area contributed by atoms with Crippen LogP contribution in [-0.4, -0.2) is 51.1 Å². The summed E-state index contributed by atoms with van der Waals surface area (Å²) in [7, 11) is 0. The van der Waals surface area contributed by atoms with Crippen molar-refractivity contribution in [1.82, 2.24) is 5.32 Å². The quantitative estimate of drug-likeness (QED) is 0.242. The Labute approximate surface area is 158 Å². The van der Waals surface area contributed by atoms with Gasteiger partial charge in [0.15, 0.2) is 0 Å². The molecule has 1 fully saturated rings. The van der Waals surface area contributed by atoms with Crippen LogP contribution in [0.25, 0.3) is 10.4 Å². The third kappa shape index (κ3) is 5.75. The maximum Gasteiger partial charge on any atom is 0.302 e. The number of carbonyl (C=O) groups is 2. The second kappa shape index (κ2) is 9.22. The van der Waals surface area contributed by atoms with Gasteiger partial charge in [0.1, 0.15) is 23.6 Å². The molecule has 1 saturated heterocycles. The van der Waals surface area contributed by atoms with E-state index in [4.69, 9.17) is 49.8 Å². The Balaban J connectivity index is 3.20. The largest absolute Gasteiger partial charge is 0.460 e.